The predicted molar refractivity (Wildman–Crippen MR) is 83.2 cm³/mol. The zero-order valence-corrected chi connectivity index (χ0v) is 12.9. The number of rotatable bonds is 5. The van der Waals surface area contributed by atoms with Gasteiger partial charge in [0.1, 0.15) is 0 Å². The largest absolute Gasteiger partial charge is 0.465 e. The lowest BCUT2D eigenvalue weighted by molar-refractivity contribution is 0.0928. The summed E-state index contributed by atoms with van der Waals surface area (Å²) < 4.78 is 0. The number of ketones is 1. The van der Waals surface area contributed by atoms with Crippen molar-refractivity contribution in [3.8, 4) is 0 Å². The number of benzene rings is 1. The molecule has 0 radical (unpaired) electrons. The highest BCUT2D eigenvalue weighted by atomic mass is 35.5. The Kier molecular flexibility index (Phi) is 4.98. The van der Waals surface area contributed by atoms with Crippen LogP contribution in [0.1, 0.15) is 27.7 Å². The van der Waals surface area contributed by atoms with Crippen LogP contribution in [0.4, 0.5) is 4.79 Å². The fourth-order valence-electron chi connectivity index (χ4n) is 2.04. The molecule has 2 rings (SSSR count). The van der Waals surface area contributed by atoms with Gasteiger partial charge in [-0.1, -0.05) is 29.8 Å². The zero-order valence-electron chi connectivity index (χ0n) is 11.3. The summed E-state index contributed by atoms with van der Waals surface area (Å²) in [6, 6.07) is 9.90. The van der Waals surface area contributed by atoms with E-state index in [9.17, 15) is 14.7 Å². The molecule has 1 N–H and O–H groups in total. The van der Waals surface area contributed by atoms with Crippen molar-refractivity contribution in [1.82, 2.24) is 4.90 Å². The highest BCUT2D eigenvalue weighted by Gasteiger charge is 2.25. The summed E-state index contributed by atoms with van der Waals surface area (Å²) in [5, 5.41) is 11.5. The van der Waals surface area contributed by atoms with Gasteiger partial charge in [-0.15, -0.1) is 11.3 Å². The van der Waals surface area contributed by atoms with E-state index < -0.39 is 12.1 Å². The van der Waals surface area contributed by atoms with Gasteiger partial charge >= 0.3 is 6.09 Å². The molecule has 4 nitrogen and oxygen atoms in total. The van der Waals surface area contributed by atoms with Gasteiger partial charge in [0.2, 0.25) is 0 Å². The summed E-state index contributed by atoms with van der Waals surface area (Å²) >= 11 is 7.31. The number of hydrogen-bond acceptors (Lipinski definition) is 3. The number of Topliss-reactive ketones (excluding diaryl/α,β-unsaturated/α-hetero) is 1. The first-order valence-corrected chi connectivity index (χ1v) is 7.52. The van der Waals surface area contributed by atoms with Gasteiger partial charge < -0.3 is 10.0 Å². The van der Waals surface area contributed by atoms with Crippen LogP contribution in [0, 0.1) is 0 Å². The maximum Gasteiger partial charge on any atom is 0.407 e. The molecule has 1 unspecified atom stereocenters. The van der Waals surface area contributed by atoms with Crippen LogP contribution in [-0.2, 0) is 0 Å². The summed E-state index contributed by atoms with van der Waals surface area (Å²) in [7, 11) is 1.45. The van der Waals surface area contributed by atoms with E-state index >= 15 is 0 Å². The van der Waals surface area contributed by atoms with Crippen molar-refractivity contribution in [3.63, 3.8) is 0 Å². The van der Waals surface area contributed by atoms with Gasteiger partial charge in [0.15, 0.2) is 5.78 Å². The molecule has 1 atom stereocenters. The number of nitrogens with zero attached hydrogens (tertiary/aromatic N) is 1. The Balaban J connectivity index is 2.28. The van der Waals surface area contributed by atoms with Gasteiger partial charge in [-0.25, -0.2) is 4.79 Å². The Morgan fingerprint density at radius 2 is 2.10 bits per heavy atom. The number of carboxylic acid groups (broad SMARTS) is 1. The van der Waals surface area contributed by atoms with Crippen LogP contribution in [-0.4, -0.2) is 28.9 Å². The molecule has 0 bridgehead atoms. The van der Waals surface area contributed by atoms with Crippen LogP contribution in [0.25, 0.3) is 0 Å². The van der Waals surface area contributed by atoms with Gasteiger partial charge in [0, 0.05) is 18.5 Å². The second kappa shape index (κ2) is 6.74. The molecular formula is C15H14ClNO3S. The van der Waals surface area contributed by atoms with E-state index in [0.29, 0.717) is 15.5 Å². The van der Waals surface area contributed by atoms with E-state index in [0.717, 1.165) is 4.90 Å². The van der Waals surface area contributed by atoms with E-state index in [1.807, 2.05) is 5.38 Å². The summed E-state index contributed by atoms with van der Waals surface area (Å²) in [5.41, 5.74) is 0.706. The first-order chi connectivity index (χ1) is 9.99. The molecule has 0 aliphatic carbocycles. The minimum atomic E-state index is -1.08. The first kappa shape index (κ1) is 15.5. The molecule has 2 aromatic rings. The topological polar surface area (TPSA) is 57.6 Å². The van der Waals surface area contributed by atoms with Crippen molar-refractivity contribution in [2.24, 2.45) is 0 Å². The molecular weight excluding hydrogens is 310 g/mol. The molecule has 6 heteroatoms. The van der Waals surface area contributed by atoms with E-state index in [4.69, 9.17) is 11.6 Å². The van der Waals surface area contributed by atoms with E-state index in [2.05, 4.69) is 0 Å². The zero-order chi connectivity index (χ0) is 15.4. The van der Waals surface area contributed by atoms with Crippen LogP contribution >= 0.6 is 22.9 Å². The second-order valence-corrected chi connectivity index (χ2v) is 5.95. The third-order valence-electron chi connectivity index (χ3n) is 3.18. The third-order valence-corrected chi connectivity index (χ3v) is 4.32. The molecule has 1 amide bonds. The smallest absolute Gasteiger partial charge is 0.407 e. The SMILES string of the molecule is CN(C(=O)O)C(CC(=O)c1cccs1)c1cccc(Cl)c1. The Bertz CT molecular complexity index is 642. The molecule has 21 heavy (non-hydrogen) atoms. The Labute approximate surface area is 131 Å². The summed E-state index contributed by atoms with van der Waals surface area (Å²) in [6.45, 7) is 0. The minimum absolute atomic E-state index is 0.0805. The molecule has 0 aliphatic rings. The lowest BCUT2D eigenvalue weighted by Crippen LogP contribution is -2.31. The van der Waals surface area contributed by atoms with Crippen LogP contribution in [0.15, 0.2) is 41.8 Å². The Morgan fingerprint density at radius 1 is 1.33 bits per heavy atom. The summed E-state index contributed by atoms with van der Waals surface area (Å²) in [6.07, 6.45) is -0.997. The highest BCUT2D eigenvalue weighted by molar-refractivity contribution is 7.12. The van der Waals surface area contributed by atoms with Gasteiger partial charge in [0.05, 0.1) is 10.9 Å². The molecule has 0 spiro atoms. The molecule has 0 saturated heterocycles. The van der Waals surface area contributed by atoms with Gasteiger partial charge in [-0.05, 0) is 29.1 Å². The van der Waals surface area contributed by atoms with Crippen LogP contribution < -0.4 is 0 Å². The molecule has 0 fully saturated rings. The molecule has 1 aromatic heterocycles. The van der Waals surface area contributed by atoms with Gasteiger partial charge in [-0.3, -0.25) is 4.79 Å². The summed E-state index contributed by atoms with van der Waals surface area (Å²) in [5.74, 6) is -0.0805. The average molecular weight is 324 g/mol. The fraction of sp³-hybridized carbons (Fsp3) is 0.200. The maximum atomic E-state index is 12.3. The first-order valence-electron chi connectivity index (χ1n) is 6.27. The number of hydrogen-bond donors (Lipinski definition) is 1. The second-order valence-electron chi connectivity index (χ2n) is 4.57. The minimum Gasteiger partial charge on any atom is -0.465 e. The van der Waals surface area contributed by atoms with E-state index in [-0.39, 0.29) is 12.2 Å². The molecule has 110 valence electrons. The Morgan fingerprint density at radius 3 is 2.67 bits per heavy atom. The molecule has 0 aliphatic heterocycles. The highest BCUT2D eigenvalue weighted by Crippen LogP contribution is 2.28. The fourth-order valence-corrected chi connectivity index (χ4v) is 2.91. The number of carbonyl (C=O) groups excluding carboxylic acids is 1. The van der Waals surface area contributed by atoms with Gasteiger partial charge in [-0.2, -0.15) is 0 Å². The predicted octanol–water partition coefficient (Wildman–Crippen LogP) is 4.33. The van der Waals surface area contributed by atoms with Crippen molar-refractivity contribution in [2.75, 3.05) is 7.05 Å². The third kappa shape index (κ3) is 3.83. The standard InChI is InChI=1S/C15H14ClNO3S/c1-17(15(19)20)12(10-4-2-5-11(16)8-10)9-13(18)14-6-3-7-21-14/h2-8,12H,9H2,1H3,(H,19,20). The number of amides is 1. The normalized spacial score (nSPS) is 11.9. The number of thiophene rings is 1. The van der Waals surface area contributed by atoms with E-state index in [1.54, 1.807) is 36.4 Å². The number of carbonyl (C=O) groups is 2. The average Bonchev–Trinajstić information content (AvgIpc) is 2.98. The van der Waals surface area contributed by atoms with Crippen LogP contribution in [0.5, 0.6) is 0 Å². The monoisotopic (exact) mass is 323 g/mol. The number of halogens is 1. The lowest BCUT2D eigenvalue weighted by atomic mass is 9.99. The van der Waals surface area contributed by atoms with Gasteiger partial charge in [0.25, 0.3) is 0 Å². The van der Waals surface area contributed by atoms with Crippen LogP contribution in [0.3, 0.4) is 0 Å². The lowest BCUT2D eigenvalue weighted by Gasteiger charge is -2.25. The van der Waals surface area contributed by atoms with Crippen molar-refractivity contribution in [3.05, 3.63) is 57.2 Å². The molecule has 1 aromatic carbocycles. The molecule has 0 saturated carbocycles. The molecule has 1 heterocycles. The Hall–Kier alpha value is -1.85. The van der Waals surface area contributed by atoms with Crippen molar-refractivity contribution < 1.29 is 14.7 Å². The van der Waals surface area contributed by atoms with Crippen LogP contribution in [0.2, 0.25) is 5.02 Å². The van der Waals surface area contributed by atoms with E-state index in [1.165, 1.54) is 18.4 Å². The van der Waals surface area contributed by atoms with Crippen molar-refractivity contribution in [1.29, 1.82) is 0 Å². The van der Waals surface area contributed by atoms with Crippen molar-refractivity contribution >= 4 is 34.8 Å². The summed E-state index contributed by atoms with van der Waals surface area (Å²) in [4.78, 5) is 25.3. The van der Waals surface area contributed by atoms with Crippen molar-refractivity contribution in [2.45, 2.75) is 12.5 Å². The maximum absolute atomic E-state index is 12.3. The quantitative estimate of drug-likeness (QED) is 0.833.